The molecule has 0 spiro atoms. The van der Waals surface area contributed by atoms with E-state index in [0.29, 0.717) is 16.3 Å². The van der Waals surface area contributed by atoms with E-state index in [1.54, 1.807) is 28.9 Å². The number of carbonyl (C=O) groups excluding carboxylic acids is 1. The van der Waals surface area contributed by atoms with Crippen LogP contribution < -0.4 is 5.32 Å². The van der Waals surface area contributed by atoms with Gasteiger partial charge in [0, 0.05) is 27.2 Å². The number of hydrogen-bond donors (Lipinski definition) is 1. The number of nitriles is 1. The number of aromatic nitrogens is 2. The van der Waals surface area contributed by atoms with Gasteiger partial charge in [-0.15, -0.1) is 0 Å². The van der Waals surface area contributed by atoms with Gasteiger partial charge in [0.15, 0.2) is 5.69 Å². The third-order valence-electron chi connectivity index (χ3n) is 5.02. The number of benzene rings is 3. The Morgan fingerprint density at radius 1 is 1.09 bits per heavy atom. The molecular formula is C27H23BrClFN4O. The first-order chi connectivity index (χ1) is 17.0. The van der Waals surface area contributed by atoms with Gasteiger partial charge >= 0.3 is 0 Å². The monoisotopic (exact) mass is 552 g/mol. The summed E-state index contributed by atoms with van der Waals surface area (Å²) < 4.78 is 15.6. The summed E-state index contributed by atoms with van der Waals surface area (Å²) in [4.78, 5) is 13.1. The first kappa shape index (κ1) is 26.1. The lowest BCUT2D eigenvalue weighted by atomic mass is 10.0. The van der Waals surface area contributed by atoms with Crippen molar-refractivity contribution in [3.05, 3.63) is 105 Å². The Morgan fingerprint density at radius 3 is 2.37 bits per heavy atom. The molecule has 0 aliphatic rings. The third-order valence-corrected chi connectivity index (χ3v) is 5.94. The predicted octanol–water partition coefficient (Wildman–Crippen LogP) is 7.12. The summed E-state index contributed by atoms with van der Waals surface area (Å²) >= 11 is 9.63. The average molecular weight is 554 g/mol. The van der Waals surface area contributed by atoms with Crippen molar-refractivity contribution >= 4 is 33.4 Å². The first-order valence-corrected chi connectivity index (χ1v) is 12.2. The number of amides is 1. The average Bonchev–Trinajstić information content (AvgIpc) is 3.25. The minimum atomic E-state index is -0.425. The van der Waals surface area contributed by atoms with Gasteiger partial charge in [-0.1, -0.05) is 61.8 Å². The molecule has 0 saturated carbocycles. The number of carbonyl (C=O) groups is 1. The summed E-state index contributed by atoms with van der Waals surface area (Å²) in [5, 5.41) is 17.5. The summed E-state index contributed by atoms with van der Waals surface area (Å²) in [5.41, 5.74) is 3.53. The number of hydrogen-bond acceptors (Lipinski definition) is 3. The molecule has 35 heavy (non-hydrogen) atoms. The van der Waals surface area contributed by atoms with Gasteiger partial charge in [0.05, 0.1) is 23.9 Å². The second kappa shape index (κ2) is 12.3. The molecule has 5 nitrogen and oxygen atoms in total. The maximum atomic E-state index is 13.2. The molecule has 0 aliphatic carbocycles. The molecule has 4 rings (SSSR count). The highest BCUT2D eigenvalue weighted by Gasteiger charge is 2.25. The van der Waals surface area contributed by atoms with Crippen LogP contribution in [0.3, 0.4) is 0 Å². The molecule has 0 fully saturated rings. The van der Waals surface area contributed by atoms with Gasteiger partial charge in [0.1, 0.15) is 5.82 Å². The highest BCUT2D eigenvalue weighted by atomic mass is 79.9. The van der Waals surface area contributed by atoms with E-state index < -0.39 is 5.91 Å². The molecule has 0 atom stereocenters. The maximum absolute atomic E-state index is 13.2. The topological polar surface area (TPSA) is 70.7 Å². The van der Waals surface area contributed by atoms with Crippen molar-refractivity contribution in [2.24, 2.45) is 0 Å². The van der Waals surface area contributed by atoms with Gasteiger partial charge in [-0.25, -0.2) is 9.07 Å². The van der Waals surface area contributed by atoms with E-state index in [-0.39, 0.29) is 24.5 Å². The van der Waals surface area contributed by atoms with Gasteiger partial charge in [0.2, 0.25) is 0 Å². The fourth-order valence-electron chi connectivity index (χ4n) is 3.45. The molecule has 3 aromatic carbocycles. The van der Waals surface area contributed by atoms with Crippen LogP contribution in [0.5, 0.6) is 0 Å². The fourth-order valence-corrected chi connectivity index (χ4v) is 4.03. The van der Waals surface area contributed by atoms with E-state index in [9.17, 15) is 14.4 Å². The number of rotatable bonds is 6. The van der Waals surface area contributed by atoms with Crippen molar-refractivity contribution in [2.45, 2.75) is 26.8 Å². The first-order valence-electron chi connectivity index (χ1n) is 11.0. The highest BCUT2D eigenvalue weighted by Crippen LogP contribution is 2.33. The van der Waals surface area contributed by atoms with Gasteiger partial charge in [-0.3, -0.25) is 4.79 Å². The summed E-state index contributed by atoms with van der Waals surface area (Å²) in [6.07, 6.45) is -0.0122. The van der Waals surface area contributed by atoms with Crippen LogP contribution in [0, 0.1) is 17.1 Å². The van der Waals surface area contributed by atoms with Crippen molar-refractivity contribution < 1.29 is 9.18 Å². The van der Waals surface area contributed by atoms with E-state index in [0.717, 1.165) is 21.3 Å². The van der Waals surface area contributed by atoms with Crippen LogP contribution in [-0.4, -0.2) is 15.7 Å². The Balaban J connectivity index is 0.00000167. The van der Waals surface area contributed by atoms with Crippen molar-refractivity contribution in [2.75, 3.05) is 0 Å². The molecule has 0 bridgehead atoms. The Kier molecular flexibility index (Phi) is 9.18. The van der Waals surface area contributed by atoms with Gasteiger partial charge in [-0.05, 0) is 57.9 Å². The number of halogens is 3. The second-order valence-electron chi connectivity index (χ2n) is 7.19. The van der Waals surface area contributed by atoms with Crippen LogP contribution >= 0.6 is 27.5 Å². The van der Waals surface area contributed by atoms with E-state index in [1.165, 1.54) is 12.1 Å². The molecule has 1 heterocycles. The quantitative estimate of drug-likeness (QED) is 0.276. The molecule has 1 N–H and O–H groups in total. The number of nitrogens with one attached hydrogen (secondary N) is 1. The molecule has 1 amide bonds. The molecule has 0 aliphatic heterocycles. The molecule has 1 aromatic heterocycles. The van der Waals surface area contributed by atoms with E-state index in [4.69, 9.17) is 11.6 Å². The summed E-state index contributed by atoms with van der Waals surface area (Å²) in [5.74, 6) is -0.772. The molecule has 4 aromatic rings. The van der Waals surface area contributed by atoms with Crippen LogP contribution in [0.25, 0.3) is 16.9 Å². The van der Waals surface area contributed by atoms with Crippen LogP contribution in [0.15, 0.2) is 77.3 Å². The van der Waals surface area contributed by atoms with Crippen molar-refractivity contribution in [1.82, 2.24) is 15.1 Å². The lowest BCUT2D eigenvalue weighted by Crippen LogP contribution is -2.24. The van der Waals surface area contributed by atoms with E-state index >= 15 is 0 Å². The van der Waals surface area contributed by atoms with E-state index in [2.05, 4.69) is 32.4 Å². The Bertz CT molecular complexity index is 1350. The molecule has 0 radical (unpaired) electrons. The van der Waals surface area contributed by atoms with Crippen molar-refractivity contribution in [3.8, 4) is 23.0 Å². The molecular weight excluding hydrogens is 531 g/mol. The third kappa shape index (κ3) is 6.16. The van der Waals surface area contributed by atoms with Crippen LogP contribution in [-0.2, 0) is 13.0 Å². The van der Waals surface area contributed by atoms with Crippen LogP contribution in [0.4, 0.5) is 4.39 Å². The van der Waals surface area contributed by atoms with Crippen molar-refractivity contribution in [1.29, 1.82) is 5.26 Å². The largest absolute Gasteiger partial charge is 0.347 e. The summed E-state index contributed by atoms with van der Waals surface area (Å²) in [6.45, 7) is 4.20. The molecule has 8 heteroatoms. The zero-order chi connectivity index (χ0) is 25.4. The van der Waals surface area contributed by atoms with Crippen LogP contribution in [0.1, 0.15) is 35.5 Å². The molecule has 178 valence electrons. The molecule has 0 saturated heterocycles. The second-order valence-corrected chi connectivity index (χ2v) is 8.48. The molecule has 0 unspecified atom stereocenters. The zero-order valence-electron chi connectivity index (χ0n) is 19.2. The van der Waals surface area contributed by atoms with Gasteiger partial charge < -0.3 is 5.32 Å². The van der Waals surface area contributed by atoms with Crippen molar-refractivity contribution in [3.63, 3.8) is 0 Å². The minimum Gasteiger partial charge on any atom is -0.347 e. The lowest BCUT2D eigenvalue weighted by molar-refractivity contribution is 0.0944. The van der Waals surface area contributed by atoms with Gasteiger partial charge in [-0.2, -0.15) is 10.4 Å². The normalized spacial score (nSPS) is 10.2. The van der Waals surface area contributed by atoms with E-state index in [1.807, 2.05) is 50.2 Å². The SMILES string of the molecule is CC.N#CCc1c(C(=O)NCc2ccc(F)cc2)nn(-c2ccccc2Br)c1-c1ccc(Cl)cc1. The zero-order valence-corrected chi connectivity index (χ0v) is 21.6. The van der Waals surface area contributed by atoms with Crippen LogP contribution in [0.2, 0.25) is 5.02 Å². The van der Waals surface area contributed by atoms with Gasteiger partial charge in [0.25, 0.3) is 5.91 Å². The summed E-state index contributed by atoms with van der Waals surface area (Å²) in [6, 6.07) is 22.7. The fraction of sp³-hybridized carbons (Fsp3) is 0.148. The maximum Gasteiger partial charge on any atom is 0.272 e. The Labute approximate surface area is 217 Å². The summed E-state index contributed by atoms with van der Waals surface area (Å²) in [7, 11) is 0. The minimum absolute atomic E-state index is 0.0122. The standard InChI is InChI=1S/C25H17BrClFN4O.C2H6/c26-21-3-1-2-4-22(21)32-24(17-7-9-18(27)10-8-17)20(13-14-29)23(31-32)25(33)30-15-16-5-11-19(28)12-6-16;1-2/h1-12H,13,15H2,(H,30,33);1-2H3. The highest BCUT2D eigenvalue weighted by molar-refractivity contribution is 9.10. The predicted molar refractivity (Wildman–Crippen MR) is 140 cm³/mol. The smallest absolute Gasteiger partial charge is 0.272 e. The Hall–Kier alpha value is -3.47. The Morgan fingerprint density at radius 2 is 1.74 bits per heavy atom. The number of para-hydroxylation sites is 1. The number of nitrogens with zero attached hydrogens (tertiary/aromatic N) is 3. The lowest BCUT2D eigenvalue weighted by Gasteiger charge is -2.11.